The van der Waals surface area contributed by atoms with Crippen LogP contribution in [0.3, 0.4) is 0 Å². The van der Waals surface area contributed by atoms with Crippen molar-refractivity contribution in [2.45, 2.75) is 0 Å². The second kappa shape index (κ2) is 4.73. The maximum atomic E-state index is 12.1. The molecule has 1 atom stereocenters. The summed E-state index contributed by atoms with van der Waals surface area (Å²) in [4.78, 5) is 32.5. The Hall–Kier alpha value is -3.08. The van der Waals surface area contributed by atoms with Crippen molar-refractivity contribution in [1.29, 1.82) is 0 Å². The molecule has 1 aromatic heterocycles. The summed E-state index contributed by atoms with van der Waals surface area (Å²) in [6.07, 6.45) is 7.07. The summed E-state index contributed by atoms with van der Waals surface area (Å²) in [7, 11) is 0. The topological polar surface area (TPSA) is 72.0 Å². The Morgan fingerprint density at radius 3 is 2.82 bits per heavy atom. The second-order valence-electron chi connectivity index (χ2n) is 5.02. The van der Waals surface area contributed by atoms with Crippen LogP contribution < -0.4 is 5.63 Å². The molecule has 0 bridgehead atoms. The third kappa shape index (κ3) is 1.95. The average Bonchev–Trinajstić information content (AvgIpc) is 2.54. The van der Waals surface area contributed by atoms with Gasteiger partial charge in [-0.2, -0.15) is 4.99 Å². The van der Waals surface area contributed by atoms with Crippen LogP contribution in [-0.2, 0) is 4.79 Å². The summed E-state index contributed by atoms with van der Waals surface area (Å²) >= 11 is 0. The van der Waals surface area contributed by atoms with Gasteiger partial charge < -0.3 is 4.42 Å². The number of fused-ring (bicyclic) bond motifs is 2. The van der Waals surface area contributed by atoms with Gasteiger partial charge in [-0.25, -0.2) is 9.79 Å². The first kappa shape index (κ1) is 12.6. The van der Waals surface area contributed by atoms with Gasteiger partial charge in [0.1, 0.15) is 17.1 Å². The van der Waals surface area contributed by atoms with Gasteiger partial charge in [-0.05, 0) is 18.2 Å². The second-order valence-corrected chi connectivity index (χ2v) is 5.02. The number of allylic oxidation sites excluding steroid dienone is 3. The number of para-hydroxylation sites is 1. The maximum absolute atomic E-state index is 12.1. The van der Waals surface area contributed by atoms with E-state index in [4.69, 9.17) is 4.42 Å². The van der Waals surface area contributed by atoms with Crippen LogP contribution in [0, 0.1) is 5.92 Å². The molecule has 1 aromatic carbocycles. The molecule has 1 aliphatic heterocycles. The summed E-state index contributed by atoms with van der Waals surface area (Å²) in [5.41, 5.74) is 0.722. The van der Waals surface area contributed by atoms with E-state index in [0.717, 1.165) is 5.39 Å². The van der Waals surface area contributed by atoms with E-state index in [9.17, 15) is 9.59 Å². The molecule has 0 fully saturated rings. The monoisotopic (exact) mass is 290 g/mol. The molecule has 4 rings (SSSR count). The molecule has 0 radical (unpaired) electrons. The van der Waals surface area contributed by atoms with Crippen molar-refractivity contribution in [3.8, 4) is 0 Å². The zero-order valence-corrected chi connectivity index (χ0v) is 11.4. The first-order valence-corrected chi connectivity index (χ1v) is 6.81. The van der Waals surface area contributed by atoms with Gasteiger partial charge in [0.2, 0.25) is 0 Å². The highest BCUT2D eigenvalue weighted by Gasteiger charge is 2.27. The van der Waals surface area contributed by atoms with E-state index in [0.29, 0.717) is 11.3 Å². The Morgan fingerprint density at radius 2 is 1.91 bits per heavy atom. The zero-order chi connectivity index (χ0) is 15.1. The molecule has 1 unspecified atom stereocenters. The average molecular weight is 290 g/mol. The van der Waals surface area contributed by atoms with Gasteiger partial charge >= 0.3 is 5.63 Å². The third-order valence-electron chi connectivity index (χ3n) is 3.60. The molecule has 1 aliphatic carbocycles. The van der Waals surface area contributed by atoms with Gasteiger partial charge in [0, 0.05) is 5.39 Å². The lowest BCUT2D eigenvalue weighted by molar-refractivity contribution is -0.118. The third-order valence-corrected chi connectivity index (χ3v) is 3.60. The molecule has 0 N–H and O–H groups in total. The minimum atomic E-state index is -0.552. The largest absolute Gasteiger partial charge is 0.422 e. The number of carbonyl (C=O) groups excluding carboxylic acids is 1. The van der Waals surface area contributed by atoms with E-state index in [1.165, 1.54) is 0 Å². The predicted molar refractivity (Wildman–Crippen MR) is 83.2 cm³/mol. The molecule has 0 saturated carbocycles. The molecular formula is C17H10N2O3. The summed E-state index contributed by atoms with van der Waals surface area (Å²) in [5, 5.41) is 0.758. The molecule has 106 valence electrons. The SMILES string of the molecule is O=C1N=C(c2cc3ccccc3oc2=O)N=C2C=CC=CC12. The Balaban J connectivity index is 1.89. The van der Waals surface area contributed by atoms with E-state index < -0.39 is 11.5 Å². The van der Waals surface area contributed by atoms with Crippen LogP contribution in [0.1, 0.15) is 5.56 Å². The van der Waals surface area contributed by atoms with Gasteiger partial charge in [-0.15, -0.1) is 0 Å². The standard InChI is InChI=1S/C17H10N2O3/c20-16-11-6-2-3-7-13(11)18-15(19-16)12-9-10-5-1-4-8-14(10)22-17(12)21/h1-9,11H. The fraction of sp³-hybridized carbons (Fsp3) is 0.0588. The van der Waals surface area contributed by atoms with Crippen molar-refractivity contribution in [1.82, 2.24) is 0 Å². The zero-order valence-electron chi connectivity index (χ0n) is 11.4. The molecule has 5 nitrogen and oxygen atoms in total. The Morgan fingerprint density at radius 1 is 1.05 bits per heavy atom. The first-order chi connectivity index (χ1) is 10.7. The quantitative estimate of drug-likeness (QED) is 0.756. The maximum Gasteiger partial charge on any atom is 0.347 e. The van der Waals surface area contributed by atoms with Gasteiger partial charge in [0.25, 0.3) is 5.91 Å². The van der Waals surface area contributed by atoms with Gasteiger partial charge in [-0.3, -0.25) is 4.79 Å². The van der Waals surface area contributed by atoms with Gasteiger partial charge in [0.15, 0.2) is 5.84 Å². The number of hydrogen-bond donors (Lipinski definition) is 0. The highest BCUT2D eigenvalue weighted by Crippen LogP contribution is 2.19. The first-order valence-electron chi connectivity index (χ1n) is 6.81. The van der Waals surface area contributed by atoms with E-state index in [2.05, 4.69) is 9.98 Å². The normalized spacial score (nSPS) is 19.8. The van der Waals surface area contributed by atoms with Crippen molar-refractivity contribution in [3.63, 3.8) is 0 Å². The molecule has 2 heterocycles. The van der Waals surface area contributed by atoms with E-state index in [-0.39, 0.29) is 17.3 Å². The lowest BCUT2D eigenvalue weighted by Crippen LogP contribution is -2.29. The van der Waals surface area contributed by atoms with Crippen LogP contribution in [0.25, 0.3) is 11.0 Å². The highest BCUT2D eigenvalue weighted by molar-refractivity contribution is 6.24. The Bertz CT molecular complexity index is 977. The smallest absolute Gasteiger partial charge is 0.347 e. The van der Waals surface area contributed by atoms with Crippen molar-refractivity contribution >= 4 is 28.4 Å². The van der Waals surface area contributed by atoms with Crippen molar-refractivity contribution in [3.05, 3.63) is 70.6 Å². The molecule has 5 heteroatoms. The Labute approximate surface area is 125 Å². The molecule has 0 spiro atoms. The van der Waals surface area contributed by atoms with Crippen LogP contribution >= 0.6 is 0 Å². The molecular weight excluding hydrogens is 280 g/mol. The lowest BCUT2D eigenvalue weighted by atomic mass is 9.96. The van der Waals surface area contributed by atoms with E-state index in [1.807, 2.05) is 12.1 Å². The Kier molecular flexibility index (Phi) is 2.72. The van der Waals surface area contributed by atoms with Crippen LogP contribution in [0.15, 0.2) is 73.8 Å². The summed E-state index contributed by atoms with van der Waals surface area (Å²) in [6, 6.07) is 8.82. The highest BCUT2D eigenvalue weighted by atomic mass is 16.4. The number of rotatable bonds is 1. The van der Waals surface area contributed by atoms with Crippen LogP contribution in [0.2, 0.25) is 0 Å². The molecule has 2 aromatic rings. The minimum absolute atomic E-state index is 0.107. The van der Waals surface area contributed by atoms with Crippen LogP contribution in [-0.4, -0.2) is 17.5 Å². The van der Waals surface area contributed by atoms with E-state index >= 15 is 0 Å². The number of carbonyl (C=O) groups is 1. The number of aliphatic imine (C=N–C) groups is 2. The molecule has 1 amide bonds. The fourth-order valence-electron chi connectivity index (χ4n) is 2.51. The minimum Gasteiger partial charge on any atom is -0.422 e. The van der Waals surface area contributed by atoms with Gasteiger partial charge in [0.05, 0.1) is 5.71 Å². The number of amidine groups is 1. The molecule has 22 heavy (non-hydrogen) atoms. The van der Waals surface area contributed by atoms with Gasteiger partial charge in [-0.1, -0.05) is 36.4 Å². The summed E-state index contributed by atoms with van der Waals surface area (Å²) in [5.74, 6) is -0.676. The lowest BCUT2D eigenvalue weighted by Gasteiger charge is -2.17. The number of benzene rings is 1. The molecule has 0 saturated heterocycles. The van der Waals surface area contributed by atoms with Crippen LogP contribution in [0.4, 0.5) is 0 Å². The summed E-state index contributed by atoms with van der Waals surface area (Å²) in [6.45, 7) is 0. The fourth-order valence-corrected chi connectivity index (χ4v) is 2.51. The van der Waals surface area contributed by atoms with Crippen LogP contribution in [0.5, 0.6) is 0 Å². The number of nitrogens with zero attached hydrogens (tertiary/aromatic N) is 2. The summed E-state index contributed by atoms with van der Waals surface area (Å²) < 4.78 is 5.27. The van der Waals surface area contributed by atoms with Crippen molar-refractivity contribution < 1.29 is 9.21 Å². The van der Waals surface area contributed by atoms with Crippen molar-refractivity contribution in [2.24, 2.45) is 15.9 Å². The van der Waals surface area contributed by atoms with Crippen molar-refractivity contribution in [2.75, 3.05) is 0 Å². The van der Waals surface area contributed by atoms with E-state index in [1.54, 1.807) is 42.5 Å². The number of amides is 1. The predicted octanol–water partition coefficient (Wildman–Crippen LogP) is 2.26. The number of hydrogen-bond acceptors (Lipinski definition) is 4. The molecule has 2 aliphatic rings.